The van der Waals surface area contributed by atoms with E-state index >= 15 is 0 Å². The zero-order chi connectivity index (χ0) is 11.9. The second kappa shape index (κ2) is 6.26. The number of nitrogens with zero attached hydrogens (tertiary/aromatic N) is 2. The number of halogens is 1. The summed E-state index contributed by atoms with van der Waals surface area (Å²) in [5.74, 6) is 0.624. The first-order valence-electron chi connectivity index (χ1n) is 5.65. The molecule has 0 aromatic heterocycles. The summed E-state index contributed by atoms with van der Waals surface area (Å²) in [5, 5.41) is 0. The zero-order valence-electron chi connectivity index (χ0n) is 9.59. The van der Waals surface area contributed by atoms with Gasteiger partial charge >= 0.3 is 0 Å². The van der Waals surface area contributed by atoms with Crippen molar-refractivity contribution in [1.82, 2.24) is 4.90 Å². The SMILES string of the molecule is ClCCC1=CC=NC=CN1Cc1ccccc1. The molecular weight excluding hydrogens is 232 g/mol. The lowest BCUT2D eigenvalue weighted by Crippen LogP contribution is -2.16. The average Bonchev–Trinajstić information content (AvgIpc) is 2.57. The lowest BCUT2D eigenvalue weighted by Gasteiger charge is -2.22. The van der Waals surface area contributed by atoms with Gasteiger partial charge in [-0.05, 0) is 11.6 Å². The highest BCUT2D eigenvalue weighted by Gasteiger charge is 2.07. The molecule has 1 aromatic rings. The van der Waals surface area contributed by atoms with Gasteiger partial charge in [-0.3, -0.25) is 4.99 Å². The molecule has 0 fully saturated rings. The molecule has 2 rings (SSSR count). The number of aliphatic imine (C=N–C) groups is 1. The molecule has 3 heteroatoms. The van der Waals surface area contributed by atoms with Crippen LogP contribution in [0.5, 0.6) is 0 Å². The predicted molar refractivity (Wildman–Crippen MR) is 73.0 cm³/mol. The fourth-order valence-corrected chi connectivity index (χ4v) is 1.94. The van der Waals surface area contributed by atoms with Gasteiger partial charge in [0.25, 0.3) is 0 Å². The standard InChI is InChI=1S/C14H15ClN2/c15-8-6-14-7-9-16-10-11-17(14)12-13-4-2-1-3-5-13/h1-5,7,9-11H,6,8,12H2. The maximum atomic E-state index is 5.82. The van der Waals surface area contributed by atoms with E-state index in [0.29, 0.717) is 5.88 Å². The first kappa shape index (κ1) is 11.9. The Balaban J connectivity index is 2.13. The molecule has 88 valence electrons. The highest BCUT2D eigenvalue weighted by atomic mass is 35.5. The molecule has 0 aliphatic carbocycles. The average molecular weight is 247 g/mol. The molecule has 2 nitrogen and oxygen atoms in total. The summed E-state index contributed by atoms with van der Waals surface area (Å²) in [7, 11) is 0. The zero-order valence-corrected chi connectivity index (χ0v) is 10.3. The lowest BCUT2D eigenvalue weighted by molar-refractivity contribution is 0.446. The second-order valence-corrected chi connectivity index (χ2v) is 4.18. The number of allylic oxidation sites excluding steroid dienone is 2. The van der Waals surface area contributed by atoms with Crippen molar-refractivity contribution in [3.8, 4) is 0 Å². The minimum atomic E-state index is 0.624. The van der Waals surface area contributed by atoms with E-state index in [1.165, 1.54) is 11.3 Å². The maximum absolute atomic E-state index is 5.82. The van der Waals surface area contributed by atoms with Crippen LogP contribution in [0.15, 0.2) is 59.5 Å². The van der Waals surface area contributed by atoms with Crippen LogP contribution in [0.3, 0.4) is 0 Å². The van der Waals surface area contributed by atoms with Crippen molar-refractivity contribution >= 4 is 17.8 Å². The number of hydrogen-bond donors (Lipinski definition) is 0. The van der Waals surface area contributed by atoms with Gasteiger partial charge in [-0.2, -0.15) is 0 Å². The Hall–Kier alpha value is -1.54. The number of hydrogen-bond acceptors (Lipinski definition) is 2. The quantitative estimate of drug-likeness (QED) is 0.742. The Morgan fingerprint density at radius 2 is 2.00 bits per heavy atom. The molecule has 0 amide bonds. The Labute approximate surface area is 107 Å². The number of alkyl halides is 1. The number of rotatable bonds is 4. The van der Waals surface area contributed by atoms with E-state index in [2.05, 4.69) is 34.2 Å². The summed E-state index contributed by atoms with van der Waals surface area (Å²) in [5.41, 5.74) is 2.47. The third-order valence-corrected chi connectivity index (χ3v) is 2.79. The van der Waals surface area contributed by atoms with Crippen LogP contribution in [0.2, 0.25) is 0 Å². The normalized spacial score (nSPS) is 14.6. The van der Waals surface area contributed by atoms with E-state index in [1.807, 2.05) is 24.6 Å². The van der Waals surface area contributed by atoms with Gasteiger partial charge in [-0.15, -0.1) is 11.6 Å². The molecule has 1 aliphatic rings. The molecule has 0 bridgehead atoms. The summed E-state index contributed by atoms with van der Waals surface area (Å²) >= 11 is 5.82. The van der Waals surface area contributed by atoms with Crippen LogP contribution in [-0.2, 0) is 6.54 Å². The van der Waals surface area contributed by atoms with E-state index < -0.39 is 0 Å². The first-order chi connectivity index (χ1) is 8.40. The van der Waals surface area contributed by atoms with Gasteiger partial charge in [-0.25, -0.2) is 0 Å². The summed E-state index contributed by atoms with van der Waals surface area (Å²) in [4.78, 5) is 6.31. The molecule has 0 radical (unpaired) electrons. The first-order valence-corrected chi connectivity index (χ1v) is 6.19. The molecule has 0 saturated carbocycles. The summed E-state index contributed by atoms with van der Waals surface area (Å²) in [6.07, 6.45) is 8.48. The fraction of sp³-hybridized carbons (Fsp3) is 0.214. The molecule has 17 heavy (non-hydrogen) atoms. The lowest BCUT2D eigenvalue weighted by atomic mass is 10.2. The summed E-state index contributed by atoms with van der Waals surface area (Å²) < 4.78 is 0. The van der Waals surface area contributed by atoms with E-state index in [-0.39, 0.29) is 0 Å². The molecule has 0 N–H and O–H groups in total. The minimum Gasteiger partial charge on any atom is -0.345 e. The highest BCUT2D eigenvalue weighted by molar-refractivity contribution is 6.18. The van der Waals surface area contributed by atoms with E-state index in [1.54, 1.807) is 6.20 Å². The molecule has 0 unspecified atom stereocenters. The molecule has 1 aromatic carbocycles. The van der Waals surface area contributed by atoms with E-state index in [4.69, 9.17) is 11.6 Å². The van der Waals surface area contributed by atoms with Crippen molar-refractivity contribution in [2.45, 2.75) is 13.0 Å². The van der Waals surface area contributed by atoms with Crippen molar-refractivity contribution < 1.29 is 0 Å². The van der Waals surface area contributed by atoms with E-state index in [0.717, 1.165) is 13.0 Å². The molecule has 0 atom stereocenters. The van der Waals surface area contributed by atoms with Crippen molar-refractivity contribution in [2.75, 3.05) is 5.88 Å². The van der Waals surface area contributed by atoms with Crippen LogP contribution >= 0.6 is 11.6 Å². The molecule has 0 spiro atoms. The third-order valence-electron chi connectivity index (χ3n) is 2.60. The predicted octanol–water partition coefficient (Wildman–Crippen LogP) is 3.56. The van der Waals surface area contributed by atoms with Crippen molar-refractivity contribution in [1.29, 1.82) is 0 Å². The smallest absolute Gasteiger partial charge is 0.0473 e. The Morgan fingerprint density at radius 3 is 2.76 bits per heavy atom. The topological polar surface area (TPSA) is 15.6 Å². The van der Waals surface area contributed by atoms with Gasteiger partial charge in [-0.1, -0.05) is 30.3 Å². The summed E-state index contributed by atoms with van der Waals surface area (Å²) in [6.45, 7) is 0.851. The fourth-order valence-electron chi connectivity index (χ4n) is 1.75. The number of benzene rings is 1. The van der Waals surface area contributed by atoms with E-state index in [9.17, 15) is 0 Å². The van der Waals surface area contributed by atoms with Crippen LogP contribution < -0.4 is 0 Å². The summed E-state index contributed by atoms with van der Waals surface area (Å²) in [6, 6.07) is 10.4. The van der Waals surface area contributed by atoms with Gasteiger partial charge in [0.05, 0.1) is 0 Å². The van der Waals surface area contributed by atoms with Crippen LogP contribution in [0.4, 0.5) is 0 Å². The van der Waals surface area contributed by atoms with Crippen molar-refractivity contribution in [2.24, 2.45) is 4.99 Å². The maximum Gasteiger partial charge on any atom is 0.0473 e. The van der Waals surface area contributed by atoms with Gasteiger partial charge in [0.2, 0.25) is 0 Å². The van der Waals surface area contributed by atoms with Gasteiger partial charge in [0.15, 0.2) is 0 Å². The Bertz CT molecular complexity index is 435. The molecule has 0 saturated heterocycles. The minimum absolute atomic E-state index is 0.624. The van der Waals surface area contributed by atoms with Crippen LogP contribution in [0.25, 0.3) is 0 Å². The van der Waals surface area contributed by atoms with Crippen LogP contribution in [0.1, 0.15) is 12.0 Å². The molecule has 1 aliphatic heterocycles. The molecular formula is C14H15ClN2. The Morgan fingerprint density at radius 1 is 1.18 bits per heavy atom. The molecule has 1 heterocycles. The van der Waals surface area contributed by atoms with Crippen molar-refractivity contribution in [3.63, 3.8) is 0 Å². The monoisotopic (exact) mass is 246 g/mol. The van der Waals surface area contributed by atoms with Gasteiger partial charge < -0.3 is 4.90 Å². The van der Waals surface area contributed by atoms with Gasteiger partial charge in [0, 0.05) is 43.2 Å². The largest absolute Gasteiger partial charge is 0.345 e. The van der Waals surface area contributed by atoms with Gasteiger partial charge in [0.1, 0.15) is 0 Å². The highest BCUT2D eigenvalue weighted by Crippen LogP contribution is 2.16. The Kier molecular flexibility index (Phi) is 4.39. The van der Waals surface area contributed by atoms with Crippen LogP contribution in [-0.4, -0.2) is 17.0 Å². The van der Waals surface area contributed by atoms with Crippen molar-refractivity contribution in [3.05, 3.63) is 60.1 Å². The van der Waals surface area contributed by atoms with Crippen LogP contribution in [0, 0.1) is 0 Å². The second-order valence-electron chi connectivity index (χ2n) is 3.81. The third kappa shape index (κ3) is 3.46.